The van der Waals surface area contributed by atoms with Crippen LogP contribution in [0.5, 0.6) is 0 Å². The van der Waals surface area contributed by atoms with E-state index in [-0.39, 0.29) is 17.8 Å². The van der Waals surface area contributed by atoms with Crippen LogP contribution in [0.3, 0.4) is 0 Å². The first-order valence-electron chi connectivity index (χ1n) is 9.39. The van der Waals surface area contributed by atoms with E-state index in [2.05, 4.69) is 28.9 Å². The summed E-state index contributed by atoms with van der Waals surface area (Å²) < 4.78 is 14.0. The molecule has 144 valence electrons. The zero-order valence-electron chi connectivity index (χ0n) is 15.7. The Morgan fingerprint density at radius 1 is 1.14 bits per heavy atom. The van der Waals surface area contributed by atoms with Crippen LogP contribution < -0.4 is 0 Å². The summed E-state index contributed by atoms with van der Waals surface area (Å²) in [7, 11) is 0. The van der Waals surface area contributed by atoms with Gasteiger partial charge in [0, 0.05) is 43.2 Å². The highest BCUT2D eigenvalue weighted by Crippen LogP contribution is 2.27. The van der Waals surface area contributed by atoms with Crippen LogP contribution in [-0.4, -0.2) is 46.4 Å². The molecule has 0 saturated carbocycles. The lowest BCUT2D eigenvalue weighted by Gasteiger charge is -2.39. The molecule has 1 amide bonds. The summed E-state index contributed by atoms with van der Waals surface area (Å²) in [5.41, 5.74) is 2.11. The van der Waals surface area contributed by atoms with Crippen molar-refractivity contribution < 1.29 is 9.18 Å². The summed E-state index contributed by atoms with van der Waals surface area (Å²) in [6.07, 6.45) is 0. The number of carbonyl (C=O) groups excluding carboxylic acids is 1. The molecule has 0 N–H and O–H groups in total. The average Bonchev–Trinajstić information content (AvgIpc) is 3.19. The van der Waals surface area contributed by atoms with Crippen LogP contribution in [0.1, 0.15) is 23.0 Å². The van der Waals surface area contributed by atoms with E-state index < -0.39 is 0 Å². The third-order valence-corrected chi connectivity index (χ3v) is 5.92. The van der Waals surface area contributed by atoms with Gasteiger partial charge in [0.15, 0.2) is 0 Å². The van der Waals surface area contributed by atoms with E-state index in [9.17, 15) is 9.18 Å². The minimum absolute atomic E-state index is 0.0781. The second-order valence-corrected chi connectivity index (χ2v) is 7.94. The average molecular weight is 396 g/mol. The fourth-order valence-electron chi connectivity index (χ4n) is 3.60. The van der Waals surface area contributed by atoms with Crippen LogP contribution >= 0.6 is 11.3 Å². The number of piperazine rings is 1. The monoisotopic (exact) mass is 395 g/mol. The summed E-state index contributed by atoms with van der Waals surface area (Å²) in [6, 6.07) is 17.0. The summed E-state index contributed by atoms with van der Waals surface area (Å²) in [4.78, 5) is 21.6. The number of hydrogen-bond donors (Lipinski definition) is 0. The Labute approximate surface area is 168 Å². The van der Waals surface area contributed by atoms with E-state index in [1.807, 2.05) is 23.1 Å². The van der Waals surface area contributed by atoms with E-state index in [0.29, 0.717) is 22.8 Å². The Kier molecular flexibility index (Phi) is 5.50. The van der Waals surface area contributed by atoms with Gasteiger partial charge in [0.05, 0.1) is 0 Å². The van der Waals surface area contributed by atoms with Gasteiger partial charge in [-0.3, -0.25) is 9.69 Å². The van der Waals surface area contributed by atoms with Crippen molar-refractivity contribution in [2.45, 2.75) is 19.5 Å². The van der Waals surface area contributed by atoms with E-state index in [1.165, 1.54) is 23.0 Å². The zero-order chi connectivity index (χ0) is 19.5. The lowest BCUT2D eigenvalue weighted by Crippen LogP contribution is -2.53. The first kappa shape index (κ1) is 18.8. The second-order valence-electron chi connectivity index (χ2n) is 7.09. The number of nitrogens with zero attached hydrogens (tertiary/aromatic N) is 3. The Morgan fingerprint density at radius 2 is 1.89 bits per heavy atom. The highest BCUT2D eigenvalue weighted by Gasteiger charge is 2.29. The Bertz CT molecular complexity index is 959. The van der Waals surface area contributed by atoms with Gasteiger partial charge in [-0.05, 0) is 24.6 Å². The van der Waals surface area contributed by atoms with Crippen LogP contribution in [0, 0.1) is 5.82 Å². The summed E-state index contributed by atoms with van der Waals surface area (Å²) in [6.45, 7) is 5.28. The molecule has 28 heavy (non-hydrogen) atoms. The topological polar surface area (TPSA) is 36.4 Å². The maximum atomic E-state index is 14.0. The van der Waals surface area contributed by atoms with Crippen molar-refractivity contribution in [3.8, 4) is 10.6 Å². The zero-order valence-corrected chi connectivity index (χ0v) is 16.5. The van der Waals surface area contributed by atoms with Gasteiger partial charge in [0.1, 0.15) is 16.5 Å². The van der Waals surface area contributed by atoms with Crippen LogP contribution in [0.2, 0.25) is 0 Å². The molecule has 2 heterocycles. The molecule has 1 aromatic heterocycles. The third-order valence-electron chi connectivity index (χ3n) is 5.05. The van der Waals surface area contributed by atoms with Gasteiger partial charge in [0.2, 0.25) is 0 Å². The molecule has 1 saturated heterocycles. The van der Waals surface area contributed by atoms with Crippen molar-refractivity contribution in [3.63, 3.8) is 0 Å². The molecular weight excluding hydrogens is 373 g/mol. The number of carbonyl (C=O) groups is 1. The largest absolute Gasteiger partial charge is 0.332 e. The van der Waals surface area contributed by atoms with Crippen molar-refractivity contribution in [2.75, 3.05) is 19.6 Å². The minimum atomic E-state index is -0.321. The molecular formula is C22H22FN3OS. The van der Waals surface area contributed by atoms with Crippen molar-refractivity contribution in [2.24, 2.45) is 0 Å². The summed E-state index contributed by atoms with van der Waals surface area (Å²) >= 11 is 1.30. The van der Waals surface area contributed by atoms with Crippen LogP contribution in [-0.2, 0) is 6.54 Å². The van der Waals surface area contributed by atoms with Crippen molar-refractivity contribution in [1.82, 2.24) is 14.8 Å². The lowest BCUT2D eigenvalue weighted by molar-refractivity contribution is 0.0471. The second kappa shape index (κ2) is 8.20. The predicted octanol–water partition coefficient (Wildman–Crippen LogP) is 4.30. The third kappa shape index (κ3) is 3.98. The molecule has 0 spiro atoms. The molecule has 1 fully saturated rings. The Morgan fingerprint density at radius 3 is 2.64 bits per heavy atom. The smallest absolute Gasteiger partial charge is 0.273 e. The van der Waals surface area contributed by atoms with E-state index in [4.69, 9.17) is 0 Å². The van der Waals surface area contributed by atoms with Crippen LogP contribution in [0.25, 0.3) is 10.6 Å². The highest BCUT2D eigenvalue weighted by molar-refractivity contribution is 7.13. The van der Waals surface area contributed by atoms with Gasteiger partial charge in [-0.25, -0.2) is 9.37 Å². The van der Waals surface area contributed by atoms with E-state index in [0.717, 1.165) is 19.6 Å². The Hall–Kier alpha value is -2.57. The molecule has 1 aliphatic heterocycles. The van der Waals surface area contributed by atoms with Crippen LogP contribution in [0.15, 0.2) is 60.0 Å². The fraction of sp³-hybridized carbons (Fsp3) is 0.273. The molecule has 3 aromatic rings. The maximum Gasteiger partial charge on any atom is 0.273 e. The van der Waals surface area contributed by atoms with Crippen molar-refractivity contribution in [3.05, 3.63) is 77.1 Å². The quantitative estimate of drug-likeness (QED) is 0.661. The molecule has 0 bridgehead atoms. The molecule has 2 aromatic carbocycles. The Balaban J connectivity index is 1.43. The number of thiazole rings is 1. The van der Waals surface area contributed by atoms with Gasteiger partial charge in [-0.2, -0.15) is 0 Å². The van der Waals surface area contributed by atoms with Crippen molar-refractivity contribution in [1.29, 1.82) is 0 Å². The van der Waals surface area contributed by atoms with Gasteiger partial charge in [-0.15, -0.1) is 11.3 Å². The SMILES string of the molecule is C[C@@H]1CN(Cc2ccccc2)CCN1C(=O)c1csc(-c2ccccc2F)n1. The number of halogens is 1. The summed E-state index contributed by atoms with van der Waals surface area (Å²) in [5.74, 6) is -0.399. The van der Waals surface area contributed by atoms with E-state index in [1.54, 1.807) is 23.6 Å². The van der Waals surface area contributed by atoms with Gasteiger partial charge in [0.25, 0.3) is 5.91 Å². The molecule has 0 radical (unpaired) electrons. The number of aromatic nitrogens is 1. The predicted molar refractivity (Wildman–Crippen MR) is 110 cm³/mol. The highest BCUT2D eigenvalue weighted by atomic mass is 32.1. The normalized spacial score (nSPS) is 17.6. The number of rotatable bonds is 4. The van der Waals surface area contributed by atoms with Gasteiger partial charge >= 0.3 is 0 Å². The molecule has 1 aliphatic rings. The van der Waals surface area contributed by atoms with Gasteiger partial charge in [-0.1, -0.05) is 42.5 Å². The van der Waals surface area contributed by atoms with Gasteiger partial charge < -0.3 is 4.90 Å². The standard InChI is InChI=1S/C22H22FN3OS/c1-16-13-25(14-17-7-3-2-4-8-17)11-12-26(16)22(27)20-15-28-21(24-20)18-9-5-6-10-19(18)23/h2-10,15-16H,11-14H2,1H3/t16-/m1/s1. The molecule has 6 heteroatoms. The van der Waals surface area contributed by atoms with Crippen molar-refractivity contribution >= 4 is 17.2 Å². The molecule has 4 nitrogen and oxygen atoms in total. The number of hydrogen-bond acceptors (Lipinski definition) is 4. The number of amides is 1. The van der Waals surface area contributed by atoms with Crippen LogP contribution in [0.4, 0.5) is 4.39 Å². The fourth-order valence-corrected chi connectivity index (χ4v) is 4.42. The minimum Gasteiger partial charge on any atom is -0.332 e. The number of benzene rings is 2. The molecule has 0 unspecified atom stereocenters. The molecule has 0 aliphatic carbocycles. The first-order valence-corrected chi connectivity index (χ1v) is 10.3. The molecule has 1 atom stereocenters. The maximum absolute atomic E-state index is 14.0. The van der Waals surface area contributed by atoms with E-state index >= 15 is 0 Å². The first-order chi connectivity index (χ1) is 13.6. The lowest BCUT2D eigenvalue weighted by atomic mass is 10.1. The summed E-state index contributed by atoms with van der Waals surface area (Å²) in [5, 5.41) is 2.27. The molecule has 4 rings (SSSR count).